The zero-order chi connectivity index (χ0) is 35.6. The van der Waals surface area contributed by atoms with Crippen LogP contribution in [-0.2, 0) is 31.0 Å². The van der Waals surface area contributed by atoms with E-state index in [9.17, 15) is 29.0 Å². The van der Waals surface area contributed by atoms with E-state index >= 15 is 4.79 Å². The number of allylic oxidation sites excluding steroid dienone is 2. The minimum absolute atomic E-state index is 0.0233. The Morgan fingerprint density at radius 2 is 1.43 bits per heavy atom. The van der Waals surface area contributed by atoms with Gasteiger partial charge in [0.25, 0.3) is 11.8 Å². The summed E-state index contributed by atoms with van der Waals surface area (Å²) in [5, 5.41) is 21.4. The zero-order valence-corrected chi connectivity index (χ0v) is 28.0. The minimum Gasteiger partial charge on any atom is -0.508 e. The molecule has 0 spiro atoms. The molecule has 4 aliphatic rings. The number of carbonyl (C=O) groups excluding carboxylic acids is 4. The lowest BCUT2D eigenvalue weighted by Crippen LogP contribution is -2.53. The van der Waals surface area contributed by atoms with Gasteiger partial charge in [0.2, 0.25) is 11.8 Å². The lowest BCUT2D eigenvalue weighted by atomic mass is 9.49. The van der Waals surface area contributed by atoms with Crippen LogP contribution in [0, 0.1) is 29.5 Å². The molecule has 0 radical (unpaired) electrons. The number of hydrogen-bond donors (Lipinski definition) is 3. The van der Waals surface area contributed by atoms with Crippen molar-refractivity contribution in [2.24, 2.45) is 23.7 Å². The molecule has 4 aromatic carbocycles. The summed E-state index contributed by atoms with van der Waals surface area (Å²) in [6.07, 6.45) is 2.80. The highest BCUT2D eigenvalue weighted by Crippen LogP contribution is 2.64. The highest BCUT2D eigenvalue weighted by molar-refractivity contribution is 6.30. The molecule has 258 valence electrons. The first-order chi connectivity index (χ1) is 24.6. The summed E-state index contributed by atoms with van der Waals surface area (Å²) in [5.74, 6) is -5.53. The number of hydrogen-bond acceptors (Lipinski definition) is 7. The van der Waals surface area contributed by atoms with Gasteiger partial charge in [-0.15, -0.1) is 0 Å². The van der Waals surface area contributed by atoms with Crippen LogP contribution in [0.3, 0.4) is 0 Å². The maximum atomic E-state index is 15.1. The van der Waals surface area contributed by atoms with Crippen LogP contribution in [-0.4, -0.2) is 50.3 Å². The molecule has 6 atom stereocenters. The van der Waals surface area contributed by atoms with E-state index in [4.69, 9.17) is 11.6 Å². The van der Waals surface area contributed by atoms with Gasteiger partial charge < -0.3 is 10.2 Å². The van der Waals surface area contributed by atoms with Crippen molar-refractivity contribution in [3.05, 3.63) is 136 Å². The van der Waals surface area contributed by atoms with Gasteiger partial charge >= 0.3 is 0 Å². The van der Waals surface area contributed by atoms with E-state index in [1.165, 1.54) is 41.3 Å². The van der Waals surface area contributed by atoms with Gasteiger partial charge in [-0.25, -0.2) is 4.39 Å². The standard InChI is InChI=1S/C40H33ClFN3O6/c41-25-7-5-24(6-8-25)40-33(37(49)45(39(40)51)43-27-11-9-26(42)10-12-27)21-32-30(35(40)23-3-15-29(47)16-4-23)17-18-31-34(32)38(50)44(36(31)48)20-19-22-1-13-28(46)14-2-22/h1-17,31-35,43,46-47H,18-21H2/t31-,32+,33-,34-,35-,40+/m0/s1. The molecule has 11 heteroatoms. The van der Waals surface area contributed by atoms with Crippen LogP contribution >= 0.6 is 11.6 Å². The first-order valence-electron chi connectivity index (χ1n) is 16.9. The van der Waals surface area contributed by atoms with Gasteiger partial charge in [0, 0.05) is 17.5 Å². The highest BCUT2D eigenvalue weighted by atomic mass is 35.5. The third kappa shape index (κ3) is 5.19. The number of halogens is 2. The second-order valence-corrected chi connectivity index (χ2v) is 14.1. The fraction of sp³-hybridized carbons (Fsp3) is 0.250. The molecule has 4 aromatic rings. The van der Waals surface area contributed by atoms with Crippen LogP contribution in [0.15, 0.2) is 109 Å². The number of fused-ring (bicyclic) bond motifs is 4. The summed E-state index contributed by atoms with van der Waals surface area (Å²) in [5.41, 5.74) is 4.65. The maximum absolute atomic E-state index is 15.1. The van der Waals surface area contributed by atoms with E-state index in [2.05, 4.69) is 5.43 Å². The maximum Gasteiger partial charge on any atom is 0.260 e. The fourth-order valence-corrected chi connectivity index (χ4v) is 9.01. The predicted octanol–water partition coefficient (Wildman–Crippen LogP) is 6.12. The number of phenolic OH excluding ortho intramolecular Hbond substituents is 2. The van der Waals surface area contributed by atoms with E-state index in [0.717, 1.165) is 16.1 Å². The van der Waals surface area contributed by atoms with E-state index in [1.807, 2.05) is 6.08 Å². The lowest BCUT2D eigenvalue weighted by Gasteiger charge is -2.50. The van der Waals surface area contributed by atoms with Crippen molar-refractivity contribution in [3.63, 3.8) is 0 Å². The van der Waals surface area contributed by atoms with Crippen molar-refractivity contribution < 1.29 is 33.8 Å². The van der Waals surface area contributed by atoms with Gasteiger partial charge in [-0.1, -0.05) is 59.6 Å². The van der Waals surface area contributed by atoms with Crippen molar-refractivity contribution in [3.8, 4) is 11.5 Å². The molecule has 9 nitrogen and oxygen atoms in total. The quantitative estimate of drug-likeness (QED) is 0.156. The van der Waals surface area contributed by atoms with E-state index < -0.39 is 52.6 Å². The fourth-order valence-electron chi connectivity index (χ4n) is 8.89. The van der Waals surface area contributed by atoms with Crippen molar-refractivity contribution >= 4 is 40.9 Å². The Bertz CT molecular complexity index is 2090. The third-order valence-electron chi connectivity index (χ3n) is 11.1. The number of phenols is 2. The summed E-state index contributed by atoms with van der Waals surface area (Å²) in [6.45, 7) is 0.170. The molecule has 0 unspecified atom stereocenters. The Kier molecular flexibility index (Phi) is 7.94. The number of nitrogens with zero attached hydrogens (tertiary/aromatic N) is 2. The Hall–Kier alpha value is -5.48. The average Bonchev–Trinajstić information content (AvgIpc) is 3.50. The third-order valence-corrected chi connectivity index (χ3v) is 11.4. The smallest absolute Gasteiger partial charge is 0.260 e. The summed E-state index contributed by atoms with van der Waals surface area (Å²) >= 11 is 6.33. The lowest BCUT2D eigenvalue weighted by molar-refractivity contribution is -0.141. The van der Waals surface area contributed by atoms with E-state index in [1.54, 1.807) is 60.7 Å². The SMILES string of the molecule is O=C1[C@H]2[C@H](CC=C3[C@H]2C[C@H]2C(=O)N(Nc4ccc(F)cc4)C(=O)[C@@]2(c2ccc(Cl)cc2)[C@H]3c2ccc(O)cc2)C(=O)N1CCc1ccc(O)cc1. The summed E-state index contributed by atoms with van der Waals surface area (Å²) in [6, 6.07) is 25.3. The number of anilines is 1. The second kappa shape index (κ2) is 12.4. The van der Waals surface area contributed by atoms with Gasteiger partial charge in [0.05, 0.1) is 28.9 Å². The molecular formula is C40H33ClFN3O6. The number of hydrazine groups is 1. The molecule has 3 N–H and O–H groups in total. The van der Waals surface area contributed by atoms with Crippen LogP contribution in [0.1, 0.15) is 35.4 Å². The van der Waals surface area contributed by atoms with Crippen LogP contribution in [0.25, 0.3) is 0 Å². The molecule has 2 heterocycles. The Morgan fingerprint density at radius 3 is 2.10 bits per heavy atom. The van der Waals surface area contributed by atoms with Gasteiger partial charge in [0.15, 0.2) is 0 Å². The highest BCUT2D eigenvalue weighted by Gasteiger charge is 2.70. The van der Waals surface area contributed by atoms with Crippen molar-refractivity contribution in [1.82, 2.24) is 9.91 Å². The molecule has 0 aromatic heterocycles. The number of nitrogens with one attached hydrogen (secondary N) is 1. The normalized spacial score (nSPS) is 26.9. The zero-order valence-electron chi connectivity index (χ0n) is 27.2. The van der Waals surface area contributed by atoms with E-state index in [0.29, 0.717) is 28.3 Å². The molecule has 2 saturated heterocycles. The van der Waals surface area contributed by atoms with Crippen LogP contribution in [0.2, 0.25) is 5.02 Å². The summed E-state index contributed by atoms with van der Waals surface area (Å²) in [4.78, 5) is 59.3. The second-order valence-electron chi connectivity index (χ2n) is 13.7. The summed E-state index contributed by atoms with van der Waals surface area (Å²) < 4.78 is 13.8. The number of benzene rings is 4. The monoisotopic (exact) mass is 705 g/mol. The molecule has 1 saturated carbocycles. The molecule has 8 rings (SSSR count). The molecule has 3 fully saturated rings. The van der Waals surface area contributed by atoms with E-state index in [-0.39, 0.29) is 42.7 Å². The number of aromatic hydroxyl groups is 2. The van der Waals surface area contributed by atoms with Gasteiger partial charge in [0.1, 0.15) is 17.3 Å². The van der Waals surface area contributed by atoms with Gasteiger partial charge in [-0.05, 0) is 103 Å². The Labute approximate surface area is 297 Å². The molecule has 4 amide bonds. The first kappa shape index (κ1) is 32.7. The molecular weight excluding hydrogens is 673 g/mol. The molecule has 2 aliphatic carbocycles. The number of rotatable bonds is 7. The number of imide groups is 2. The van der Waals surface area contributed by atoms with Crippen LogP contribution in [0.4, 0.5) is 10.1 Å². The van der Waals surface area contributed by atoms with Crippen LogP contribution in [0.5, 0.6) is 11.5 Å². The average molecular weight is 706 g/mol. The molecule has 51 heavy (non-hydrogen) atoms. The minimum atomic E-state index is -1.49. The number of amides is 4. The van der Waals surface area contributed by atoms with Crippen molar-refractivity contribution in [2.75, 3.05) is 12.0 Å². The largest absolute Gasteiger partial charge is 0.508 e. The van der Waals surface area contributed by atoms with Crippen molar-refractivity contribution in [2.45, 2.75) is 30.6 Å². The number of likely N-dealkylation sites (tertiary alicyclic amines) is 1. The summed E-state index contributed by atoms with van der Waals surface area (Å²) in [7, 11) is 0. The van der Waals surface area contributed by atoms with Gasteiger partial charge in [-0.3, -0.25) is 29.5 Å². The Morgan fingerprint density at radius 1 is 0.784 bits per heavy atom. The predicted molar refractivity (Wildman–Crippen MR) is 186 cm³/mol. The number of carbonyl (C=O) groups is 4. The van der Waals surface area contributed by atoms with Crippen LogP contribution < -0.4 is 5.43 Å². The topological polar surface area (TPSA) is 127 Å². The Balaban J connectivity index is 1.24. The van der Waals surface area contributed by atoms with Gasteiger partial charge in [-0.2, -0.15) is 5.01 Å². The first-order valence-corrected chi connectivity index (χ1v) is 17.2. The van der Waals surface area contributed by atoms with Crippen molar-refractivity contribution in [1.29, 1.82) is 0 Å². The molecule has 0 bridgehead atoms. The molecule has 2 aliphatic heterocycles.